The maximum absolute atomic E-state index is 11.2. The van der Waals surface area contributed by atoms with Gasteiger partial charge in [0.25, 0.3) is 0 Å². The van der Waals surface area contributed by atoms with Crippen molar-refractivity contribution in [1.29, 1.82) is 0 Å². The largest absolute Gasteiger partial charge is 0.457 e. The fraction of sp³-hybridized carbons (Fsp3) is 0.682. The van der Waals surface area contributed by atoms with Gasteiger partial charge in [-0.25, -0.2) is 0 Å². The number of allylic oxidation sites excluding steroid dienone is 6. The lowest BCUT2D eigenvalue weighted by Crippen LogP contribution is -2.27. The highest BCUT2D eigenvalue weighted by molar-refractivity contribution is 5.69. The first-order valence-electron chi connectivity index (χ1n) is 10.1. The molecule has 0 radical (unpaired) electrons. The zero-order valence-corrected chi connectivity index (χ0v) is 16.7. The molecule has 1 unspecified atom stereocenters. The molecule has 1 N–H and O–H groups in total. The summed E-state index contributed by atoms with van der Waals surface area (Å²) in [6, 6.07) is 0. The summed E-state index contributed by atoms with van der Waals surface area (Å²) in [5, 5.41) is 9.13. The summed E-state index contributed by atoms with van der Waals surface area (Å²) in [6.07, 6.45) is 21.9. The van der Waals surface area contributed by atoms with Gasteiger partial charge in [-0.1, -0.05) is 63.1 Å². The van der Waals surface area contributed by atoms with Crippen molar-refractivity contribution in [1.82, 2.24) is 0 Å². The normalized spacial score (nSPS) is 13.2. The molecule has 0 aliphatic heterocycles. The Morgan fingerprint density at radius 1 is 0.923 bits per heavy atom. The third-order valence-electron chi connectivity index (χ3n) is 3.78. The molecular formula is C22H38O4. The molecule has 4 heteroatoms. The van der Waals surface area contributed by atoms with Gasteiger partial charge in [0, 0.05) is 13.0 Å². The molecular weight excluding hydrogens is 328 g/mol. The van der Waals surface area contributed by atoms with Gasteiger partial charge in [0.1, 0.15) is 6.10 Å². The van der Waals surface area contributed by atoms with Crippen molar-refractivity contribution in [2.75, 3.05) is 19.8 Å². The summed E-state index contributed by atoms with van der Waals surface area (Å²) in [4.78, 5) is 11.2. The van der Waals surface area contributed by atoms with Gasteiger partial charge in [-0.3, -0.25) is 4.79 Å². The summed E-state index contributed by atoms with van der Waals surface area (Å²) in [6.45, 7) is 4.61. The van der Waals surface area contributed by atoms with Crippen LogP contribution in [-0.2, 0) is 14.3 Å². The van der Waals surface area contributed by atoms with Gasteiger partial charge in [-0.2, -0.15) is 0 Å². The van der Waals surface area contributed by atoms with Crippen molar-refractivity contribution in [2.24, 2.45) is 0 Å². The molecule has 150 valence electrons. The quantitative estimate of drug-likeness (QED) is 0.220. The Balaban J connectivity index is 3.41. The lowest BCUT2D eigenvalue weighted by Gasteiger charge is -2.15. The Bertz CT molecular complexity index is 399. The fourth-order valence-corrected chi connectivity index (χ4v) is 2.25. The minimum Gasteiger partial charge on any atom is -0.457 e. The van der Waals surface area contributed by atoms with Gasteiger partial charge in [0.05, 0.1) is 13.2 Å². The minimum absolute atomic E-state index is 0.192. The predicted octanol–water partition coefficient (Wildman–Crippen LogP) is 5.13. The number of unbranched alkanes of at least 4 members (excludes halogenated alkanes) is 4. The molecule has 0 aliphatic carbocycles. The van der Waals surface area contributed by atoms with Gasteiger partial charge in [0.2, 0.25) is 0 Å². The van der Waals surface area contributed by atoms with E-state index >= 15 is 0 Å². The van der Waals surface area contributed by atoms with Gasteiger partial charge in [-0.05, 0) is 38.5 Å². The van der Waals surface area contributed by atoms with Crippen LogP contribution < -0.4 is 0 Å². The number of hydrogen-bond donors (Lipinski definition) is 1. The molecule has 0 aliphatic rings. The Kier molecular flexibility index (Phi) is 18.9. The first kappa shape index (κ1) is 24.6. The second kappa shape index (κ2) is 19.9. The monoisotopic (exact) mass is 366 g/mol. The molecule has 0 rings (SSSR count). The molecule has 1 atom stereocenters. The van der Waals surface area contributed by atoms with Crippen LogP contribution in [-0.4, -0.2) is 37.0 Å². The van der Waals surface area contributed by atoms with Crippen LogP contribution in [0.4, 0.5) is 0 Å². The van der Waals surface area contributed by atoms with Crippen molar-refractivity contribution >= 4 is 5.97 Å². The number of carbonyl (C=O) groups is 1. The number of ether oxygens (including phenoxy) is 2. The number of rotatable bonds is 17. The van der Waals surface area contributed by atoms with Crippen LogP contribution in [0.3, 0.4) is 0 Å². The maximum Gasteiger partial charge on any atom is 0.305 e. The lowest BCUT2D eigenvalue weighted by atomic mass is 10.1. The summed E-state index contributed by atoms with van der Waals surface area (Å²) in [7, 11) is 0. The van der Waals surface area contributed by atoms with E-state index in [1.54, 1.807) is 6.92 Å². The third-order valence-corrected chi connectivity index (χ3v) is 3.78. The average molecular weight is 367 g/mol. The number of hydrogen-bond acceptors (Lipinski definition) is 4. The van der Waals surface area contributed by atoms with E-state index in [0.717, 1.165) is 38.5 Å². The second-order valence-electron chi connectivity index (χ2n) is 6.22. The van der Waals surface area contributed by atoms with E-state index in [1.807, 2.05) is 0 Å². The standard InChI is InChI=1S/C22H38O4/c1-3-5-6-7-8-9-10-11-12-13-14-15-16-17-18-25-20-21(19-23)26-22(24)4-2/h5-6,8-9,11-12,21,23H,3-4,7,10,13-20H2,1-2H3/b6-5-,9-8-,12-11-. The first-order valence-corrected chi connectivity index (χ1v) is 10.1. The number of aliphatic hydroxyl groups excluding tert-OH is 1. The van der Waals surface area contributed by atoms with Crippen molar-refractivity contribution in [3.05, 3.63) is 36.5 Å². The Morgan fingerprint density at radius 3 is 2.23 bits per heavy atom. The summed E-state index contributed by atoms with van der Waals surface area (Å²) >= 11 is 0. The Morgan fingerprint density at radius 2 is 1.58 bits per heavy atom. The maximum atomic E-state index is 11.2. The molecule has 0 bridgehead atoms. The molecule has 0 saturated carbocycles. The second-order valence-corrected chi connectivity index (χ2v) is 6.22. The van der Waals surface area contributed by atoms with Crippen LogP contribution in [0.5, 0.6) is 0 Å². The van der Waals surface area contributed by atoms with Crippen LogP contribution in [0, 0.1) is 0 Å². The van der Waals surface area contributed by atoms with E-state index in [-0.39, 0.29) is 19.2 Å². The number of esters is 1. The lowest BCUT2D eigenvalue weighted by molar-refractivity contribution is -0.154. The molecule has 0 aromatic heterocycles. The molecule has 26 heavy (non-hydrogen) atoms. The molecule has 0 heterocycles. The van der Waals surface area contributed by atoms with Crippen molar-refractivity contribution in [3.8, 4) is 0 Å². The van der Waals surface area contributed by atoms with Crippen molar-refractivity contribution in [3.63, 3.8) is 0 Å². The molecule has 4 nitrogen and oxygen atoms in total. The average Bonchev–Trinajstić information content (AvgIpc) is 2.66. The Hall–Kier alpha value is -1.39. The van der Waals surface area contributed by atoms with Crippen LogP contribution in [0.15, 0.2) is 36.5 Å². The predicted molar refractivity (Wildman–Crippen MR) is 108 cm³/mol. The van der Waals surface area contributed by atoms with Crippen molar-refractivity contribution in [2.45, 2.75) is 77.7 Å². The zero-order chi connectivity index (χ0) is 19.3. The minimum atomic E-state index is -0.538. The zero-order valence-electron chi connectivity index (χ0n) is 16.7. The van der Waals surface area contributed by atoms with E-state index in [9.17, 15) is 4.79 Å². The van der Waals surface area contributed by atoms with Gasteiger partial charge >= 0.3 is 5.97 Å². The Labute approximate surface area is 160 Å². The van der Waals surface area contributed by atoms with Crippen LogP contribution in [0.1, 0.15) is 71.6 Å². The van der Waals surface area contributed by atoms with E-state index < -0.39 is 6.10 Å². The molecule has 0 saturated heterocycles. The molecule has 0 fully saturated rings. The smallest absolute Gasteiger partial charge is 0.305 e. The van der Waals surface area contributed by atoms with E-state index in [4.69, 9.17) is 14.6 Å². The summed E-state index contributed by atoms with van der Waals surface area (Å²) in [5.41, 5.74) is 0. The van der Waals surface area contributed by atoms with Gasteiger partial charge in [-0.15, -0.1) is 0 Å². The third kappa shape index (κ3) is 17.4. The molecule has 0 aromatic rings. The molecule has 0 amide bonds. The summed E-state index contributed by atoms with van der Waals surface area (Å²) in [5.74, 6) is -0.301. The van der Waals surface area contributed by atoms with Crippen LogP contribution >= 0.6 is 0 Å². The topological polar surface area (TPSA) is 55.8 Å². The van der Waals surface area contributed by atoms with E-state index in [1.165, 1.54) is 12.8 Å². The van der Waals surface area contributed by atoms with Crippen LogP contribution in [0.2, 0.25) is 0 Å². The highest BCUT2D eigenvalue weighted by Crippen LogP contribution is 2.05. The highest BCUT2D eigenvalue weighted by Gasteiger charge is 2.11. The highest BCUT2D eigenvalue weighted by atomic mass is 16.6. The van der Waals surface area contributed by atoms with Crippen LogP contribution in [0.25, 0.3) is 0 Å². The van der Waals surface area contributed by atoms with Crippen molar-refractivity contribution < 1.29 is 19.4 Å². The molecule has 0 spiro atoms. The van der Waals surface area contributed by atoms with E-state index in [2.05, 4.69) is 43.4 Å². The van der Waals surface area contributed by atoms with Gasteiger partial charge in [0.15, 0.2) is 0 Å². The van der Waals surface area contributed by atoms with E-state index in [0.29, 0.717) is 13.0 Å². The number of carbonyl (C=O) groups excluding carboxylic acids is 1. The molecule has 0 aromatic carbocycles. The number of aliphatic hydroxyl groups is 1. The summed E-state index contributed by atoms with van der Waals surface area (Å²) < 4.78 is 10.5. The SMILES string of the molecule is CC/C=C\C/C=C\C/C=C\CCCCCCOCC(CO)OC(=O)CC. The fourth-order valence-electron chi connectivity index (χ4n) is 2.25. The first-order chi connectivity index (χ1) is 12.7. The van der Waals surface area contributed by atoms with Gasteiger partial charge < -0.3 is 14.6 Å².